The summed E-state index contributed by atoms with van der Waals surface area (Å²) in [6, 6.07) is 13.1. The van der Waals surface area contributed by atoms with Gasteiger partial charge in [-0.15, -0.1) is 0 Å². The van der Waals surface area contributed by atoms with E-state index < -0.39 is 12.0 Å². The summed E-state index contributed by atoms with van der Waals surface area (Å²) < 4.78 is 13.0. The van der Waals surface area contributed by atoms with Crippen LogP contribution in [0, 0.1) is 11.7 Å². The Kier molecular flexibility index (Phi) is 6.67. The van der Waals surface area contributed by atoms with E-state index in [2.05, 4.69) is 18.7 Å². The fourth-order valence-electron chi connectivity index (χ4n) is 2.79. The van der Waals surface area contributed by atoms with Crippen molar-refractivity contribution in [3.63, 3.8) is 0 Å². The number of amides is 1. The van der Waals surface area contributed by atoms with Crippen LogP contribution in [0.15, 0.2) is 48.5 Å². The minimum atomic E-state index is -0.691. The van der Waals surface area contributed by atoms with Crippen LogP contribution in [-0.2, 0) is 6.54 Å². The molecule has 0 aliphatic carbocycles. The molecule has 1 atom stereocenters. The van der Waals surface area contributed by atoms with Crippen LogP contribution >= 0.6 is 0 Å². The van der Waals surface area contributed by atoms with E-state index in [0.29, 0.717) is 30.1 Å². The van der Waals surface area contributed by atoms with Crippen molar-refractivity contribution in [2.45, 2.75) is 26.5 Å². The maximum atomic E-state index is 13.0. The second kappa shape index (κ2) is 8.74. The van der Waals surface area contributed by atoms with E-state index in [1.165, 1.54) is 12.1 Å². The standard InChI is InChI=1S/C20H25FN2O2/c1-14(2)11-23(12-15-3-5-17(6-4-15)20(22)25)13-19(24)16-7-9-18(21)10-8-16/h3-10,14,19,24H,11-13H2,1-2H3,(H2,22,25). The lowest BCUT2D eigenvalue weighted by atomic mass is 10.1. The smallest absolute Gasteiger partial charge is 0.248 e. The van der Waals surface area contributed by atoms with Gasteiger partial charge in [0.1, 0.15) is 5.82 Å². The van der Waals surface area contributed by atoms with Crippen LogP contribution in [-0.4, -0.2) is 29.0 Å². The number of rotatable bonds is 8. The Morgan fingerprint density at radius 2 is 1.68 bits per heavy atom. The third kappa shape index (κ3) is 5.96. The highest BCUT2D eigenvalue weighted by Gasteiger charge is 2.15. The van der Waals surface area contributed by atoms with Crippen LogP contribution in [0.5, 0.6) is 0 Å². The third-order valence-electron chi connectivity index (χ3n) is 3.95. The van der Waals surface area contributed by atoms with Crippen LogP contribution < -0.4 is 5.73 Å². The van der Waals surface area contributed by atoms with E-state index in [1.54, 1.807) is 24.3 Å². The largest absolute Gasteiger partial charge is 0.387 e. The van der Waals surface area contributed by atoms with Gasteiger partial charge in [0.2, 0.25) is 5.91 Å². The van der Waals surface area contributed by atoms with Gasteiger partial charge < -0.3 is 10.8 Å². The van der Waals surface area contributed by atoms with Crippen molar-refractivity contribution in [2.75, 3.05) is 13.1 Å². The number of aliphatic hydroxyl groups excluding tert-OH is 1. The molecule has 0 aliphatic heterocycles. The number of halogens is 1. The van der Waals surface area contributed by atoms with Crippen molar-refractivity contribution in [3.05, 3.63) is 71.0 Å². The summed E-state index contributed by atoms with van der Waals surface area (Å²) in [5.41, 5.74) is 7.47. The number of carbonyl (C=O) groups excluding carboxylic acids is 1. The second-order valence-electron chi connectivity index (χ2n) is 6.72. The number of primary amides is 1. The molecule has 0 saturated heterocycles. The fraction of sp³-hybridized carbons (Fsp3) is 0.350. The Balaban J connectivity index is 2.07. The molecule has 4 nitrogen and oxygen atoms in total. The molecule has 5 heteroatoms. The first-order valence-electron chi connectivity index (χ1n) is 8.39. The molecule has 2 rings (SSSR count). The Labute approximate surface area is 148 Å². The second-order valence-corrected chi connectivity index (χ2v) is 6.72. The summed E-state index contributed by atoms with van der Waals surface area (Å²) in [7, 11) is 0. The zero-order valence-electron chi connectivity index (χ0n) is 14.7. The molecule has 0 spiro atoms. The molecule has 25 heavy (non-hydrogen) atoms. The van der Waals surface area contributed by atoms with Gasteiger partial charge in [0.05, 0.1) is 6.10 Å². The van der Waals surface area contributed by atoms with Crippen LogP contribution in [0.4, 0.5) is 4.39 Å². The van der Waals surface area contributed by atoms with E-state index in [-0.39, 0.29) is 5.82 Å². The summed E-state index contributed by atoms with van der Waals surface area (Å²) in [6.07, 6.45) is -0.691. The SMILES string of the molecule is CC(C)CN(Cc1ccc(C(N)=O)cc1)CC(O)c1ccc(F)cc1. The maximum Gasteiger partial charge on any atom is 0.248 e. The Morgan fingerprint density at radius 3 is 2.20 bits per heavy atom. The first-order valence-corrected chi connectivity index (χ1v) is 8.39. The predicted molar refractivity (Wildman–Crippen MR) is 96.4 cm³/mol. The molecule has 0 aromatic heterocycles. The minimum absolute atomic E-state index is 0.315. The van der Waals surface area contributed by atoms with E-state index in [9.17, 15) is 14.3 Å². The summed E-state index contributed by atoms with van der Waals surface area (Å²) in [5, 5.41) is 10.5. The van der Waals surface area contributed by atoms with Gasteiger partial charge in [0.25, 0.3) is 0 Å². The number of nitrogens with two attached hydrogens (primary N) is 1. The normalized spacial score (nSPS) is 12.6. The molecule has 2 aromatic rings. The maximum absolute atomic E-state index is 13.0. The van der Waals surface area contributed by atoms with Crippen LogP contribution in [0.2, 0.25) is 0 Å². The molecule has 0 fully saturated rings. The number of aliphatic hydroxyl groups is 1. The number of nitrogens with zero attached hydrogens (tertiary/aromatic N) is 1. The van der Waals surface area contributed by atoms with E-state index in [1.807, 2.05) is 12.1 Å². The summed E-state index contributed by atoms with van der Waals surface area (Å²) >= 11 is 0. The highest BCUT2D eigenvalue weighted by molar-refractivity contribution is 5.92. The van der Waals surface area contributed by atoms with Gasteiger partial charge in [0.15, 0.2) is 0 Å². The number of hydrogen-bond donors (Lipinski definition) is 2. The molecule has 0 heterocycles. The molecule has 1 amide bonds. The van der Waals surface area contributed by atoms with E-state index in [0.717, 1.165) is 12.1 Å². The molecule has 2 aromatic carbocycles. The van der Waals surface area contributed by atoms with Crippen molar-refractivity contribution in [1.82, 2.24) is 4.90 Å². The van der Waals surface area contributed by atoms with E-state index >= 15 is 0 Å². The van der Waals surface area contributed by atoms with Gasteiger partial charge in [-0.25, -0.2) is 4.39 Å². The van der Waals surface area contributed by atoms with Crippen molar-refractivity contribution in [3.8, 4) is 0 Å². The molecular formula is C20H25FN2O2. The van der Waals surface area contributed by atoms with E-state index in [4.69, 9.17) is 5.73 Å². The van der Waals surface area contributed by atoms with Crippen molar-refractivity contribution in [2.24, 2.45) is 11.7 Å². The first kappa shape index (κ1) is 19.1. The zero-order valence-corrected chi connectivity index (χ0v) is 14.7. The average Bonchev–Trinajstić information content (AvgIpc) is 2.55. The Bertz CT molecular complexity index is 684. The summed E-state index contributed by atoms with van der Waals surface area (Å²) in [6.45, 7) is 6.15. The van der Waals surface area contributed by atoms with Crippen molar-refractivity contribution in [1.29, 1.82) is 0 Å². The number of benzene rings is 2. The molecule has 0 saturated carbocycles. The summed E-state index contributed by atoms with van der Waals surface area (Å²) in [5.74, 6) is -0.327. The van der Waals surface area contributed by atoms with Gasteiger partial charge >= 0.3 is 0 Å². The monoisotopic (exact) mass is 344 g/mol. The molecule has 1 unspecified atom stereocenters. The molecular weight excluding hydrogens is 319 g/mol. The van der Waals surface area contributed by atoms with Crippen molar-refractivity contribution >= 4 is 5.91 Å². The first-order chi connectivity index (χ1) is 11.8. The van der Waals surface area contributed by atoms with Crippen LogP contribution in [0.25, 0.3) is 0 Å². The van der Waals surface area contributed by atoms with Gasteiger partial charge in [-0.3, -0.25) is 9.69 Å². The van der Waals surface area contributed by atoms with Gasteiger partial charge in [-0.05, 0) is 41.3 Å². The van der Waals surface area contributed by atoms with Gasteiger partial charge in [-0.2, -0.15) is 0 Å². The Hall–Kier alpha value is -2.24. The van der Waals surface area contributed by atoms with Gasteiger partial charge in [-0.1, -0.05) is 38.1 Å². The third-order valence-corrected chi connectivity index (χ3v) is 3.95. The fourth-order valence-corrected chi connectivity index (χ4v) is 2.79. The molecule has 0 aliphatic rings. The topological polar surface area (TPSA) is 66.6 Å². The predicted octanol–water partition coefficient (Wildman–Crippen LogP) is 3.12. The Morgan fingerprint density at radius 1 is 1.08 bits per heavy atom. The highest BCUT2D eigenvalue weighted by atomic mass is 19.1. The number of carbonyl (C=O) groups is 1. The molecule has 0 radical (unpaired) electrons. The lowest BCUT2D eigenvalue weighted by molar-refractivity contribution is 0.100. The minimum Gasteiger partial charge on any atom is -0.387 e. The molecule has 0 bridgehead atoms. The highest BCUT2D eigenvalue weighted by Crippen LogP contribution is 2.18. The summed E-state index contributed by atoms with van der Waals surface area (Å²) in [4.78, 5) is 13.3. The molecule has 3 N–H and O–H groups in total. The average molecular weight is 344 g/mol. The quantitative estimate of drug-likeness (QED) is 0.773. The van der Waals surface area contributed by atoms with Crippen molar-refractivity contribution < 1.29 is 14.3 Å². The lowest BCUT2D eigenvalue weighted by Crippen LogP contribution is -2.31. The number of hydrogen-bond acceptors (Lipinski definition) is 3. The molecule has 134 valence electrons. The zero-order chi connectivity index (χ0) is 18.4. The van der Waals surface area contributed by atoms with Crippen LogP contribution in [0.1, 0.15) is 41.4 Å². The van der Waals surface area contributed by atoms with Crippen LogP contribution in [0.3, 0.4) is 0 Å². The lowest BCUT2D eigenvalue weighted by Gasteiger charge is -2.27. The van der Waals surface area contributed by atoms with Gasteiger partial charge in [0, 0.05) is 25.2 Å².